The molecule has 2 rings (SSSR count). The van der Waals surface area contributed by atoms with Crippen molar-refractivity contribution in [3.63, 3.8) is 0 Å². The first kappa shape index (κ1) is 13.0. The average molecular weight is 259 g/mol. The van der Waals surface area contributed by atoms with Crippen LogP contribution in [0, 0.1) is 5.92 Å². The smallest absolute Gasteiger partial charge is 0.211 e. The van der Waals surface area contributed by atoms with E-state index in [2.05, 4.69) is 0 Å². The van der Waals surface area contributed by atoms with Crippen molar-refractivity contribution in [2.24, 2.45) is 5.92 Å². The van der Waals surface area contributed by atoms with Crippen molar-refractivity contribution >= 4 is 15.8 Å². The summed E-state index contributed by atoms with van der Waals surface area (Å²) in [6.07, 6.45) is 7.62. The maximum atomic E-state index is 11.9. The Bertz CT molecular complexity index is 391. The van der Waals surface area contributed by atoms with E-state index in [0.29, 0.717) is 13.0 Å². The molecule has 0 bridgehead atoms. The first-order valence-corrected chi connectivity index (χ1v) is 8.34. The van der Waals surface area contributed by atoms with Crippen molar-refractivity contribution in [2.75, 3.05) is 12.8 Å². The fourth-order valence-corrected chi connectivity index (χ4v) is 4.37. The third-order valence-electron chi connectivity index (χ3n) is 3.99. The number of piperidine rings is 1. The molecule has 0 N–H and O–H groups in total. The Morgan fingerprint density at radius 1 is 1.12 bits per heavy atom. The van der Waals surface area contributed by atoms with Gasteiger partial charge in [-0.25, -0.2) is 8.42 Å². The molecule has 4 nitrogen and oxygen atoms in total. The lowest BCUT2D eigenvalue weighted by molar-refractivity contribution is -0.126. The number of carbonyl (C=O) groups is 1. The molecule has 0 amide bonds. The molecule has 0 radical (unpaired) electrons. The van der Waals surface area contributed by atoms with Crippen LogP contribution < -0.4 is 0 Å². The van der Waals surface area contributed by atoms with Gasteiger partial charge in [-0.05, 0) is 25.7 Å². The molecule has 2 unspecified atom stereocenters. The number of carbonyl (C=O) groups excluding carboxylic acids is 1. The van der Waals surface area contributed by atoms with Gasteiger partial charge in [-0.2, -0.15) is 4.31 Å². The van der Waals surface area contributed by atoms with Gasteiger partial charge < -0.3 is 0 Å². The summed E-state index contributed by atoms with van der Waals surface area (Å²) in [5.41, 5.74) is 0. The van der Waals surface area contributed by atoms with Gasteiger partial charge in [-0.15, -0.1) is 0 Å². The van der Waals surface area contributed by atoms with Gasteiger partial charge in [-0.1, -0.05) is 12.8 Å². The number of hydrogen-bond donors (Lipinski definition) is 0. The second-order valence-corrected chi connectivity index (χ2v) is 7.19. The Morgan fingerprint density at radius 3 is 2.47 bits per heavy atom. The molecule has 0 aromatic rings. The summed E-state index contributed by atoms with van der Waals surface area (Å²) in [5.74, 6) is 0.232. The molecule has 98 valence electrons. The lowest BCUT2D eigenvalue weighted by Crippen LogP contribution is -2.49. The second-order valence-electron chi connectivity index (χ2n) is 5.26. The maximum absolute atomic E-state index is 11.9. The predicted octanol–water partition coefficient (Wildman–Crippen LogP) is 1.56. The summed E-state index contributed by atoms with van der Waals surface area (Å²) >= 11 is 0. The van der Waals surface area contributed by atoms with E-state index >= 15 is 0 Å². The fraction of sp³-hybridized carbons (Fsp3) is 0.917. The van der Waals surface area contributed by atoms with E-state index in [0.717, 1.165) is 38.5 Å². The second kappa shape index (κ2) is 5.06. The molecule has 1 heterocycles. The summed E-state index contributed by atoms with van der Waals surface area (Å²) in [4.78, 5) is 11.9. The van der Waals surface area contributed by atoms with Crippen LogP contribution in [-0.4, -0.2) is 37.3 Å². The van der Waals surface area contributed by atoms with Crippen molar-refractivity contribution < 1.29 is 13.2 Å². The lowest BCUT2D eigenvalue weighted by atomic mass is 9.80. The molecule has 1 saturated carbocycles. The number of rotatable bonds is 2. The highest BCUT2D eigenvalue weighted by Gasteiger charge is 2.38. The molecule has 17 heavy (non-hydrogen) atoms. The number of nitrogens with zero attached hydrogens (tertiary/aromatic N) is 1. The average Bonchev–Trinajstić information content (AvgIpc) is 2.28. The zero-order valence-electron chi connectivity index (χ0n) is 10.4. The molecule has 0 spiro atoms. The van der Waals surface area contributed by atoms with Crippen LogP contribution in [0.3, 0.4) is 0 Å². The van der Waals surface area contributed by atoms with E-state index in [4.69, 9.17) is 0 Å². The number of Topliss-reactive ketones (excluding diaryl/α,β-unsaturated/α-hetero) is 1. The summed E-state index contributed by atoms with van der Waals surface area (Å²) in [6, 6.07) is -0.0634. The third kappa shape index (κ3) is 2.88. The Balaban J connectivity index is 2.18. The molecule has 0 aromatic carbocycles. The number of sulfonamides is 1. The van der Waals surface area contributed by atoms with Gasteiger partial charge in [-0.3, -0.25) is 4.79 Å². The van der Waals surface area contributed by atoms with E-state index in [1.165, 1.54) is 6.26 Å². The molecule has 1 aliphatic carbocycles. The van der Waals surface area contributed by atoms with E-state index in [1.54, 1.807) is 4.31 Å². The van der Waals surface area contributed by atoms with E-state index in [1.807, 2.05) is 0 Å². The van der Waals surface area contributed by atoms with Gasteiger partial charge in [0, 0.05) is 24.9 Å². The van der Waals surface area contributed by atoms with Gasteiger partial charge in [0.25, 0.3) is 0 Å². The zero-order valence-corrected chi connectivity index (χ0v) is 11.2. The minimum atomic E-state index is -3.17. The highest BCUT2D eigenvalue weighted by molar-refractivity contribution is 7.88. The predicted molar refractivity (Wildman–Crippen MR) is 66.2 cm³/mol. The van der Waals surface area contributed by atoms with Crippen molar-refractivity contribution in [3.05, 3.63) is 0 Å². The summed E-state index contributed by atoms with van der Waals surface area (Å²) < 4.78 is 25.1. The van der Waals surface area contributed by atoms with Crippen LogP contribution in [0.25, 0.3) is 0 Å². The van der Waals surface area contributed by atoms with Crippen LogP contribution in [0.2, 0.25) is 0 Å². The van der Waals surface area contributed by atoms with E-state index in [9.17, 15) is 13.2 Å². The van der Waals surface area contributed by atoms with Gasteiger partial charge in [0.1, 0.15) is 5.78 Å². The number of hydrogen-bond acceptors (Lipinski definition) is 3. The molecule has 2 aliphatic rings. The first-order valence-electron chi connectivity index (χ1n) is 6.49. The van der Waals surface area contributed by atoms with E-state index in [-0.39, 0.29) is 17.7 Å². The molecular weight excluding hydrogens is 238 g/mol. The van der Waals surface area contributed by atoms with Gasteiger partial charge in [0.05, 0.1) is 6.26 Å². The zero-order chi connectivity index (χ0) is 12.5. The lowest BCUT2D eigenvalue weighted by Gasteiger charge is -2.39. The Morgan fingerprint density at radius 2 is 1.82 bits per heavy atom. The van der Waals surface area contributed by atoms with Crippen LogP contribution in [0.4, 0.5) is 0 Å². The quantitative estimate of drug-likeness (QED) is 0.756. The number of ketones is 1. The minimum absolute atomic E-state index is 0.0428. The molecule has 1 saturated heterocycles. The van der Waals surface area contributed by atoms with Crippen LogP contribution in [0.15, 0.2) is 0 Å². The summed E-state index contributed by atoms with van der Waals surface area (Å²) in [7, 11) is -3.17. The van der Waals surface area contributed by atoms with Crippen molar-refractivity contribution in [1.29, 1.82) is 0 Å². The Kier molecular flexibility index (Phi) is 3.88. The highest BCUT2D eigenvalue weighted by atomic mass is 32.2. The Labute approximate surface area is 103 Å². The molecule has 2 fully saturated rings. The standard InChI is InChI=1S/C12H21NO3S/c1-17(15,16)13-9-5-4-7-11(13)10-6-2-3-8-12(10)14/h10-11H,2-9H2,1H3. The van der Waals surface area contributed by atoms with Gasteiger partial charge >= 0.3 is 0 Å². The largest absolute Gasteiger partial charge is 0.299 e. The molecule has 2 atom stereocenters. The topological polar surface area (TPSA) is 54.5 Å². The maximum Gasteiger partial charge on any atom is 0.211 e. The minimum Gasteiger partial charge on any atom is -0.299 e. The first-order chi connectivity index (χ1) is 8.00. The summed E-state index contributed by atoms with van der Waals surface area (Å²) in [5, 5.41) is 0. The highest BCUT2D eigenvalue weighted by Crippen LogP contribution is 2.32. The van der Waals surface area contributed by atoms with Crippen LogP contribution >= 0.6 is 0 Å². The van der Waals surface area contributed by atoms with Crippen LogP contribution in [0.5, 0.6) is 0 Å². The fourth-order valence-electron chi connectivity index (χ4n) is 3.16. The third-order valence-corrected chi connectivity index (χ3v) is 5.30. The van der Waals surface area contributed by atoms with Crippen LogP contribution in [0.1, 0.15) is 44.9 Å². The normalized spacial score (nSPS) is 32.6. The van der Waals surface area contributed by atoms with Gasteiger partial charge in [0.2, 0.25) is 10.0 Å². The van der Waals surface area contributed by atoms with Crippen LogP contribution in [-0.2, 0) is 14.8 Å². The molecule has 1 aliphatic heterocycles. The SMILES string of the molecule is CS(=O)(=O)N1CCCCC1C1CCCCC1=O. The van der Waals surface area contributed by atoms with Crippen molar-refractivity contribution in [3.8, 4) is 0 Å². The molecular formula is C12H21NO3S. The van der Waals surface area contributed by atoms with Crippen molar-refractivity contribution in [2.45, 2.75) is 51.0 Å². The molecule has 5 heteroatoms. The molecule has 0 aromatic heterocycles. The van der Waals surface area contributed by atoms with E-state index < -0.39 is 10.0 Å². The Hall–Kier alpha value is -0.420. The monoisotopic (exact) mass is 259 g/mol. The van der Waals surface area contributed by atoms with Crippen molar-refractivity contribution in [1.82, 2.24) is 4.31 Å². The summed E-state index contributed by atoms with van der Waals surface area (Å²) in [6.45, 7) is 0.591. The van der Waals surface area contributed by atoms with Gasteiger partial charge in [0.15, 0.2) is 0 Å².